The van der Waals surface area contributed by atoms with Crippen LogP contribution in [-0.4, -0.2) is 40.1 Å². The molecule has 0 atom stereocenters. The van der Waals surface area contributed by atoms with Crippen molar-refractivity contribution in [3.63, 3.8) is 0 Å². The number of hydrogen-bond donors (Lipinski definition) is 1. The third-order valence-corrected chi connectivity index (χ3v) is 7.44. The molecule has 4 rings (SSSR count). The number of amides is 1. The number of ether oxygens (including phenoxy) is 1. The number of thioether (sulfide) groups is 1. The first-order chi connectivity index (χ1) is 14.7. The number of benzene rings is 1. The topological polar surface area (TPSA) is 73.2 Å². The summed E-state index contributed by atoms with van der Waals surface area (Å²) < 4.78 is 6.62. The second kappa shape index (κ2) is 9.69. The predicted octanol–water partition coefficient (Wildman–Crippen LogP) is 4.76. The lowest BCUT2D eigenvalue weighted by Gasteiger charge is -2.23. The summed E-state index contributed by atoms with van der Waals surface area (Å²) in [5, 5.41) is 9.19. The largest absolute Gasteiger partial charge is 0.465 e. The molecule has 0 bridgehead atoms. The van der Waals surface area contributed by atoms with E-state index in [4.69, 9.17) is 4.74 Å². The molecule has 1 aromatic carbocycles. The van der Waals surface area contributed by atoms with Gasteiger partial charge in [0.05, 0.1) is 30.1 Å². The zero-order valence-corrected chi connectivity index (χ0v) is 18.2. The van der Waals surface area contributed by atoms with E-state index in [0.717, 1.165) is 23.6 Å². The Kier molecular flexibility index (Phi) is 6.77. The van der Waals surface area contributed by atoms with E-state index >= 15 is 0 Å². The lowest BCUT2D eigenvalue weighted by molar-refractivity contribution is 0.0600. The highest BCUT2D eigenvalue weighted by Gasteiger charge is 2.26. The van der Waals surface area contributed by atoms with Gasteiger partial charge < -0.3 is 10.1 Å². The number of esters is 1. The molecule has 0 unspecified atom stereocenters. The predicted molar refractivity (Wildman–Crippen MR) is 117 cm³/mol. The van der Waals surface area contributed by atoms with Gasteiger partial charge in [0.2, 0.25) is 0 Å². The molecule has 0 spiro atoms. The highest BCUT2D eigenvalue weighted by Crippen LogP contribution is 2.37. The number of aromatic nitrogens is 2. The van der Waals surface area contributed by atoms with Gasteiger partial charge in [0.25, 0.3) is 5.91 Å². The molecule has 1 amide bonds. The Labute approximate surface area is 181 Å². The molecule has 2 aliphatic carbocycles. The summed E-state index contributed by atoms with van der Waals surface area (Å²) in [6, 6.07) is 7.42. The Bertz CT molecular complexity index is 882. The van der Waals surface area contributed by atoms with E-state index in [1.165, 1.54) is 52.1 Å². The number of carbonyl (C=O) groups is 2. The van der Waals surface area contributed by atoms with Crippen LogP contribution >= 0.6 is 11.8 Å². The Morgan fingerprint density at radius 1 is 1.03 bits per heavy atom. The maximum absolute atomic E-state index is 13.1. The maximum Gasteiger partial charge on any atom is 0.337 e. The smallest absolute Gasteiger partial charge is 0.337 e. The van der Waals surface area contributed by atoms with Crippen LogP contribution < -0.4 is 5.32 Å². The molecule has 7 heteroatoms. The second-order valence-corrected chi connectivity index (χ2v) is 9.44. The van der Waals surface area contributed by atoms with Crippen LogP contribution in [0.25, 0.3) is 5.69 Å². The fraction of sp³-hybridized carbons (Fsp3) is 0.522. The van der Waals surface area contributed by atoms with Crippen molar-refractivity contribution in [3.05, 3.63) is 41.6 Å². The molecule has 2 aliphatic rings. The Morgan fingerprint density at radius 3 is 2.37 bits per heavy atom. The van der Waals surface area contributed by atoms with Gasteiger partial charge in [0, 0.05) is 11.3 Å². The minimum atomic E-state index is -0.366. The molecule has 2 aromatic rings. The molecular weight excluding hydrogens is 398 g/mol. The average molecular weight is 428 g/mol. The van der Waals surface area contributed by atoms with Gasteiger partial charge in [-0.3, -0.25) is 4.79 Å². The van der Waals surface area contributed by atoms with Crippen LogP contribution in [-0.2, 0) is 4.74 Å². The van der Waals surface area contributed by atoms with Gasteiger partial charge in [-0.1, -0.05) is 32.1 Å². The second-order valence-electron chi connectivity index (χ2n) is 8.15. The van der Waals surface area contributed by atoms with Crippen molar-refractivity contribution >= 4 is 23.6 Å². The normalized spacial score (nSPS) is 17.8. The van der Waals surface area contributed by atoms with Crippen LogP contribution in [0.15, 0.2) is 35.5 Å². The number of nitrogens with zero attached hydrogens (tertiary/aromatic N) is 2. The number of hydrogen-bond acceptors (Lipinski definition) is 5. The van der Waals surface area contributed by atoms with E-state index in [2.05, 4.69) is 10.4 Å². The van der Waals surface area contributed by atoms with E-state index < -0.39 is 0 Å². The van der Waals surface area contributed by atoms with Crippen molar-refractivity contribution in [2.75, 3.05) is 7.11 Å². The first-order valence-electron chi connectivity index (χ1n) is 10.9. The molecule has 160 valence electrons. The molecule has 2 saturated carbocycles. The molecule has 0 radical (unpaired) electrons. The Balaban J connectivity index is 1.61. The van der Waals surface area contributed by atoms with Crippen LogP contribution in [0.1, 0.15) is 78.5 Å². The number of methoxy groups -OCH3 is 1. The Morgan fingerprint density at radius 2 is 1.70 bits per heavy atom. The van der Waals surface area contributed by atoms with Gasteiger partial charge in [0.15, 0.2) is 0 Å². The fourth-order valence-corrected chi connectivity index (χ4v) is 5.73. The fourth-order valence-electron chi connectivity index (χ4n) is 4.32. The lowest BCUT2D eigenvalue weighted by Crippen LogP contribution is -2.36. The van der Waals surface area contributed by atoms with Gasteiger partial charge in [-0.25, -0.2) is 9.48 Å². The highest BCUT2D eigenvalue weighted by atomic mass is 32.2. The van der Waals surface area contributed by atoms with Gasteiger partial charge in [-0.05, 0) is 49.9 Å². The average Bonchev–Trinajstić information content (AvgIpc) is 3.44. The SMILES string of the molecule is COC(=O)c1ccc(-n2ncc(C(=O)NC3CCCCC3)c2SC2CCCC2)cc1. The van der Waals surface area contributed by atoms with Crippen LogP contribution in [0.2, 0.25) is 0 Å². The number of rotatable bonds is 6. The van der Waals surface area contributed by atoms with E-state index in [1.54, 1.807) is 30.1 Å². The molecular formula is C23H29N3O3S. The van der Waals surface area contributed by atoms with Crippen molar-refractivity contribution < 1.29 is 14.3 Å². The van der Waals surface area contributed by atoms with E-state index in [-0.39, 0.29) is 17.9 Å². The summed E-state index contributed by atoms with van der Waals surface area (Å²) in [5.41, 5.74) is 1.98. The summed E-state index contributed by atoms with van der Waals surface area (Å²) in [7, 11) is 1.37. The summed E-state index contributed by atoms with van der Waals surface area (Å²) in [6.45, 7) is 0. The van der Waals surface area contributed by atoms with Crippen molar-refractivity contribution in [2.24, 2.45) is 0 Å². The Hall–Kier alpha value is -2.28. The summed E-state index contributed by atoms with van der Waals surface area (Å²) >= 11 is 1.76. The van der Waals surface area contributed by atoms with Gasteiger partial charge in [0.1, 0.15) is 5.03 Å². The molecule has 2 fully saturated rings. The quantitative estimate of drug-likeness (QED) is 0.673. The third-order valence-electron chi connectivity index (χ3n) is 6.02. The minimum absolute atomic E-state index is 0.0279. The van der Waals surface area contributed by atoms with Crippen LogP contribution in [0.5, 0.6) is 0 Å². The highest BCUT2D eigenvalue weighted by molar-refractivity contribution is 8.00. The van der Waals surface area contributed by atoms with Gasteiger partial charge >= 0.3 is 5.97 Å². The summed E-state index contributed by atoms with van der Waals surface area (Å²) in [4.78, 5) is 24.8. The number of nitrogens with one attached hydrogen (secondary N) is 1. The van der Waals surface area contributed by atoms with Crippen molar-refractivity contribution in [1.82, 2.24) is 15.1 Å². The monoisotopic (exact) mass is 427 g/mol. The van der Waals surface area contributed by atoms with Crippen LogP contribution in [0.3, 0.4) is 0 Å². The molecule has 1 aromatic heterocycles. The zero-order valence-electron chi connectivity index (χ0n) is 17.4. The van der Waals surface area contributed by atoms with E-state index in [0.29, 0.717) is 16.4 Å². The lowest BCUT2D eigenvalue weighted by atomic mass is 9.95. The van der Waals surface area contributed by atoms with Crippen molar-refractivity contribution in [2.45, 2.75) is 74.1 Å². The maximum atomic E-state index is 13.1. The van der Waals surface area contributed by atoms with Crippen molar-refractivity contribution in [1.29, 1.82) is 0 Å². The molecule has 30 heavy (non-hydrogen) atoms. The molecule has 0 aliphatic heterocycles. The van der Waals surface area contributed by atoms with Gasteiger partial charge in [-0.2, -0.15) is 5.10 Å². The third kappa shape index (κ3) is 4.72. The molecule has 1 heterocycles. The van der Waals surface area contributed by atoms with Crippen molar-refractivity contribution in [3.8, 4) is 5.69 Å². The van der Waals surface area contributed by atoms with E-state index in [9.17, 15) is 9.59 Å². The van der Waals surface area contributed by atoms with E-state index in [1.807, 2.05) is 16.8 Å². The first-order valence-corrected chi connectivity index (χ1v) is 11.8. The summed E-state index contributed by atoms with van der Waals surface area (Å²) in [6.07, 6.45) is 12.2. The first kappa shape index (κ1) is 21.0. The molecule has 6 nitrogen and oxygen atoms in total. The van der Waals surface area contributed by atoms with Gasteiger partial charge in [-0.15, -0.1) is 11.8 Å². The zero-order chi connectivity index (χ0) is 20.9. The minimum Gasteiger partial charge on any atom is -0.465 e. The van der Waals surface area contributed by atoms with Crippen LogP contribution in [0, 0.1) is 0 Å². The summed E-state index contributed by atoms with van der Waals surface area (Å²) in [5.74, 6) is -0.394. The standard InChI is InChI=1S/C23H29N3O3S/c1-29-23(28)16-11-13-18(14-12-16)26-22(30-19-9-5-6-10-19)20(15-24-26)21(27)25-17-7-3-2-4-8-17/h11-15,17,19H,2-10H2,1H3,(H,25,27). The molecule has 1 N–H and O–H groups in total. The molecule has 0 saturated heterocycles. The number of carbonyl (C=O) groups excluding carboxylic acids is 2. The van der Waals surface area contributed by atoms with Crippen LogP contribution in [0.4, 0.5) is 0 Å².